The fraction of sp³-hybridized carbons (Fsp3) is 0.406. The molecule has 39 heavy (non-hydrogen) atoms. The van der Waals surface area contributed by atoms with Crippen LogP contribution < -0.4 is 14.8 Å². The van der Waals surface area contributed by atoms with Gasteiger partial charge in [0.25, 0.3) is 5.91 Å². The van der Waals surface area contributed by atoms with Crippen LogP contribution in [-0.4, -0.2) is 61.1 Å². The minimum absolute atomic E-state index is 0.0724. The average Bonchev–Trinajstić information content (AvgIpc) is 2.97. The maximum atomic E-state index is 12.9. The molecule has 0 atom stereocenters. The zero-order chi connectivity index (χ0) is 27.0. The minimum atomic E-state index is -0.0724. The summed E-state index contributed by atoms with van der Waals surface area (Å²) in [6, 6.07) is 24.4. The van der Waals surface area contributed by atoms with Crippen LogP contribution in [0.4, 0.5) is 0 Å². The first kappa shape index (κ1) is 27.5. The van der Waals surface area contributed by atoms with Crippen LogP contribution in [0.3, 0.4) is 0 Å². The number of likely N-dealkylation sites (tertiary alicyclic amines) is 2. The average molecular weight is 548 g/mol. The molecular formula is C32H38ClN3O3. The topological polar surface area (TPSA) is 54.0 Å². The molecule has 3 aromatic carbocycles. The number of rotatable bonds is 9. The third-order valence-corrected chi connectivity index (χ3v) is 8.05. The van der Waals surface area contributed by atoms with E-state index < -0.39 is 0 Å². The van der Waals surface area contributed by atoms with Crippen molar-refractivity contribution in [2.75, 3.05) is 33.3 Å². The number of hydrogen-bond donors (Lipinski definition) is 1. The number of ether oxygens (including phenoxy) is 2. The van der Waals surface area contributed by atoms with Crippen molar-refractivity contribution in [3.63, 3.8) is 0 Å². The predicted octanol–water partition coefficient (Wildman–Crippen LogP) is 5.79. The molecule has 0 bridgehead atoms. The van der Waals surface area contributed by atoms with Gasteiger partial charge in [-0.1, -0.05) is 54.1 Å². The monoisotopic (exact) mass is 547 g/mol. The molecule has 2 heterocycles. The molecule has 1 N–H and O–H groups in total. The van der Waals surface area contributed by atoms with Gasteiger partial charge < -0.3 is 14.8 Å². The van der Waals surface area contributed by atoms with E-state index in [1.165, 1.54) is 11.1 Å². The molecule has 206 valence electrons. The number of carbonyl (C=O) groups excluding carboxylic acids is 1. The number of carbonyl (C=O) groups is 1. The Kier molecular flexibility index (Phi) is 9.40. The smallest absolute Gasteiger partial charge is 0.251 e. The first-order valence-corrected chi connectivity index (χ1v) is 14.3. The molecule has 2 aliphatic heterocycles. The van der Waals surface area contributed by atoms with Crippen LogP contribution in [0.25, 0.3) is 0 Å². The van der Waals surface area contributed by atoms with E-state index in [-0.39, 0.29) is 18.1 Å². The highest BCUT2D eigenvalue weighted by Crippen LogP contribution is 2.29. The Morgan fingerprint density at radius 3 is 2.08 bits per heavy atom. The largest absolute Gasteiger partial charge is 0.497 e. The molecule has 3 aromatic rings. The third-order valence-electron chi connectivity index (χ3n) is 7.76. The van der Waals surface area contributed by atoms with Crippen LogP contribution in [0.2, 0.25) is 5.02 Å². The highest BCUT2D eigenvalue weighted by molar-refractivity contribution is 6.32. The lowest BCUT2D eigenvalue weighted by Crippen LogP contribution is -2.44. The highest BCUT2D eigenvalue weighted by Gasteiger charge is 2.23. The second-order valence-corrected chi connectivity index (χ2v) is 11.0. The lowest BCUT2D eigenvalue weighted by Gasteiger charge is -2.32. The van der Waals surface area contributed by atoms with Crippen LogP contribution >= 0.6 is 11.6 Å². The molecule has 2 fully saturated rings. The van der Waals surface area contributed by atoms with Gasteiger partial charge in [-0.2, -0.15) is 0 Å². The van der Waals surface area contributed by atoms with E-state index in [4.69, 9.17) is 21.1 Å². The summed E-state index contributed by atoms with van der Waals surface area (Å²) in [6.45, 7) is 5.78. The van der Waals surface area contributed by atoms with E-state index >= 15 is 0 Å². The number of hydrogen-bond acceptors (Lipinski definition) is 5. The second kappa shape index (κ2) is 13.3. The van der Waals surface area contributed by atoms with Crippen LogP contribution in [0.15, 0.2) is 72.8 Å². The van der Waals surface area contributed by atoms with Gasteiger partial charge in [-0.15, -0.1) is 0 Å². The summed E-state index contributed by atoms with van der Waals surface area (Å²) in [5, 5.41) is 3.69. The standard InChI is InChI=1S/C32H38ClN3O3/c1-38-28-10-7-25(8-11-28)23-36-19-15-29(16-20-36)39-31-12-9-26(21-30(31)33)32(37)34-27-13-17-35(18-14-27)22-24-5-3-2-4-6-24/h2-12,21,27,29H,13-20,22-23H2,1H3,(H,34,37). The Labute approximate surface area is 236 Å². The molecule has 1 amide bonds. The maximum absolute atomic E-state index is 12.9. The lowest BCUT2D eigenvalue weighted by atomic mass is 10.0. The van der Waals surface area contributed by atoms with Crippen molar-refractivity contribution in [1.82, 2.24) is 15.1 Å². The molecule has 0 saturated carbocycles. The molecule has 0 unspecified atom stereocenters. The van der Waals surface area contributed by atoms with Crippen molar-refractivity contribution < 1.29 is 14.3 Å². The summed E-state index contributed by atoms with van der Waals surface area (Å²) < 4.78 is 11.5. The molecule has 7 heteroatoms. The highest BCUT2D eigenvalue weighted by atomic mass is 35.5. The number of amides is 1. The second-order valence-electron chi connectivity index (χ2n) is 10.6. The van der Waals surface area contributed by atoms with Crippen molar-refractivity contribution in [2.45, 2.75) is 50.9 Å². The molecule has 5 rings (SSSR count). The van der Waals surface area contributed by atoms with Gasteiger partial charge in [0, 0.05) is 50.9 Å². The summed E-state index contributed by atoms with van der Waals surface area (Å²) in [4.78, 5) is 17.8. The fourth-order valence-corrected chi connectivity index (χ4v) is 5.66. The molecule has 2 saturated heterocycles. The Bertz CT molecular complexity index is 1210. The summed E-state index contributed by atoms with van der Waals surface area (Å²) in [5.41, 5.74) is 3.19. The van der Waals surface area contributed by atoms with Crippen molar-refractivity contribution in [2.24, 2.45) is 0 Å². The van der Waals surface area contributed by atoms with Crippen LogP contribution in [0.1, 0.15) is 47.2 Å². The SMILES string of the molecule is COc1ccc(CN2CCC(Oc3ccc(C(=O)NC4CCN(Cc5ccccc5)CC4)cc3Cl)CC2)cc1. The van der Waals surface area contributed by atoms with E-state index in [0.717, 1.165) is 70.7 Å². The zero-order valence-electron chi connectivity index (χ0n) is 22.7. The van der Waals surface area contributed by atoms with E-state index in [1.54, 1.807) is 13.2 Å². The number of methoxy groups -OCH3 is 1. The van der Waals surface area contributed by atoms with Crippen LogP contribution in [-0.2, 0) is 13.1 Å². The molecule has 2 aliphatic rings. The molecule has 0 radical (unpaired) electrons. The Hall–Kier alpha value is -3.06. The third kappa shape index (κ3) is 7.75. The number of halogens is 1. The van der Waals surface area contributed by atoms with E-state index in [9.17, 15) is 4.79 Å². The van der Waals surface area contributed by atoms with Gasteiger partial charge >= 0.3 is 0 Å². The summed E-state index contributed by atoms with van der Waals surface area (Å²) in [7, 11) is 1.69. The quantitative estimate of drug-likeness (QED) is 0.368. The Morgan fingerprint density at radius 1 is 0.846 bits per heavy atom. The van der Waals surface area contributed by atoms with Gasteiger partial charge in [0.15, 0.2) is 0 Å². The minimum Gasteiger partial charge on any atom is -0.497 e. The first-order valence-electron chi connectivity index (χ1n) is 13.9. The van der Waals surface area contributed by atoms with Gasteiger partial charge in [-0.05, 0) is 67.1 Å². The zero-order valence-corrected chi connectivity index (χ0v) is 23.4. The number of nitrogens with one attached hydrogen (secondary N) is 1. The Balaban J connectivity index is 1.05. The van der Waals surface area contributed by atoms with Crippen LogP contribution in [0.5, 0.6) is 11.5 Å². The summed E-state index contributed by atoms with van der Waals surface area (Å²) in [5.74, 6) is 1.46. The number of piperidine rings is 2. The van der Waals surface area contributed by atoms with Crippen molar-refractivity contribution >= 4 is 17.5 Å². The van der Waals surface area contributed by atoms with E-state index in [0.29, 0.717) is 16.3 Å². The van der Waals surface area contributed by atoms with Gasteiger partial charge in [0.1, 0.15) is 17.6 Å². The molecule has 0 aromatic heterocycles. The Morgan fingerprint density at radius 2 is 1.46 bits per heavy atom. The maximum Gasteiger partial charge on any atom is 0.251 e. The normalized spacial score (nSPS) is 17.6. The van der Waals surface area contributed by atoms with Crippen molar-refractivity contribution in [3.05, 3.63) is 94.5 Å². The lowest BCUT2D eigenvalue weighted by molar-refractivity contribution is 0.0908. The molecular weight excluding hydrogens is 510 g/mol. The fourth-order valence-electron chi connectivity index (χ4n) is 5.44. The van der Waals surface area contributed by atoms with Gasteiger partial charge in [-0.25, -0.2) is 0 Å². The summed E-state index contributed by atoms with van der Waals surface area (Å²) >= 11 is 6.56. The number of nitrogens with zero attached hydrogens (tertiary/aromatic N) is 2. The molecule has 0 aliphatic carbocycles. The predicted molar refractivity (Wildman–Crippen MR) is 156 cm³/mol. The molecule has 6 nitrogen and oxygen atoms in total. The summed E-state index contributed by atoms with van der Waals surface area (Å²) in [6.07, 6.45) is 3.90. The number of benzene rings is 3. The van der Waals surface area contributed by atoms with Crippen molar-refractivity contribution in [3.8, 4) is 11.5 Å². The van der Waals surface area contributed by atoms with Gasteiger partial charge in [0.2, 0.25) is 0 Å². The van der Waals surface area contributed by atoms with Crippen LogP contribution in [0, 0.1) is 0 Å². The van der Waals surface area contributed by atoms with Gasteiger partial charge in [0.05, 0.1) is 12.1 Å². The van der Waals surface area contributed by atoms with E-state index in [2.05, 4.69) is 51.5 Å². The van der Waals surface area contributed by atoms with E-state index in [1.807, 2.05) is 30.3 Å². The van der Waals surface area contributed by atoms with Gasteiger partial charge in [-0.3, -0.25) is 14.6 Å². The van der Waals surface area contributed by atoms with Crippen molar-refractivity contribution in [1.29, 1.82) is 0 Å². The first-order chi connectivity index (χ1) is 19.1. The molecule has 0 spiro atoms.